The van der Waals surface area contributed by atoms with Crippen molar-refractivity contribution in [3.05, 3.63) is 99.0 Å². The molecule has 0 radical (unpaired) electrons. The fourth-order valence-corrected chi connectivity index (χ4v) is 5.77. The molecule has 0 saturated carbocycles. The maximum atomic E-state index is 14.2. The lowest BCUT2D eigenvalue weighted by atomic mass is 10.0. The zero-order chi connectivity index (χ0) is 29.4. The average molecular weight is 605 g/mol. The molecule has 2 amide bonds. The summed E-state index contributed by atoms with van der Waals surface area (Å²) in [7, 11) is -3.86. The van der Waals surface area contributed by atoms with E-state index in [-0.39, 0.29) is 18.9 Å². The molecule has 0 heterocycles. The summed E-state index contributed by atoms with van der Waals surface area (Å²) in [6.45, 7) is 5.42. The van der Waals surface area contributed by atoms with Crippen LogP contribution in [0.1, 0.15) is 35.6 Å². The number of sulfonamides is 1. The number of hydrogen-bond acceptors (Lipinski definition) is 4. The molecular formula is C30H35Cl2N3O4S. The van der Waals surface area contributed by atoms with E-state index in [1.54, 1.807) is 31.2 Å². The number of nitrogens with one attached hydrogen (secondary N) is 1. The summed E-state index contributed by atoms with van der Waals surface area (Å²) in [4.78, 5) is 29.1. The van der Waals surface area contributed by atoms with Crippen molar-refractivity contribution < 1.29 is 18.0 Å². The normalized spacial score (nSPS) is 12.1. The largest absolute Gasteiger partial charge is 0.354 e. The van der Waals surface area contributed by atoms with Gasteiger partial charge in [-0.25, -0.2) is 8.42 Å². The molecule has 0 aromatic heterocycles. The number of halogens is 2. The Morgan fingerprint density at radius 3 is 2.20 bits per heavy atom. The topological polar surface area (TPSA) is 86.8 Å². The Balaban J connectivity index is 2.11. The summed E-state index contributed by atoms with van der Waals surface area (Å²) < 4.78 is 27.1. The van der Waals surface area contributed by atoms with E-state index in [9.17, 15) is 18.0 Å². The quantitative estimate of drug-likeness (QED) is 0.294. The van der Waals surface area contributed by atoms with Gasteiger partial charge in [-0.05, 0) is 55.2 Å². The molecule has 0 aliphatic heterocycles. The first-order chi connectivity index (χ1) is 18.9. The average Bonchev–Trinajstić information content (AvgIpc) is 2.90. The molecule has 40 heavy (non-hydrogen) atoms. The highest BCUT2D eigenvalue weighted by molar-refractivity contribution is 7.92. The maximum absolute atomic E-state index is 14.2. The minimum Gasteiger partial charge on any atom is -0.354 e. The molecule has 0 unspecified atom stereocenters. The van der Waals surface area contributed by atoms with Crippen LogP contribution in [0.2, 0.25) is 10.0 Å². The van der Waals surface area contributed by atoms with Gasteiger partial charge in [-0.15, -0.1) is 0 Å². The molecule has 1 N–H and O–H groups in total. The van der Waals surface area contributed by atoms with Crippen LogP contribution in [0.25, 0.3) is 0 Å². The van der Waals surface area contributed by atoms with E-state index in [0.717, 1.165) is 21.7 Å². The second kappa shape index (κ2) is 14.0. The standard InChI is InChI=1S/C30H35Cl2N3O4S/c1-5-16-33-30(37)28(18-23-10-7-6-8-11-23)34(19-24-25(31)12-9-13-26(24)32)29(36)20-35(40(4,38)39)27-17-21(2)14-15-22(27)3/h6-15,17,28H,5,16,18-20H2,1-4H3,(H,33,37)/t28-/m0/s1. The summed E-state index contributed by atoms with van der Waals surface area (Å²) in [5.74, 6) is -0.908. The van der Waals surface area contributed by atoms with Crippen LogP contribution >= 0.6 is 23.2 Å². The summed E-state index contributed by atoms with van der Waals surface area (Å²) in [6, 6.07) is 18.8. The molecule has 0 aliphatic carbocycles. The van der Waals surface area contributed by atoms with Gasteiger partial charge in [0.2, 0.25) is 21.8 Å². The van der Waals surface area contributed by atoms with E-state index in [4.69, 9.17) is 23.2 Å². The molecule has 0 spiro atoms. The van der Waals surface area contributed by atoms with Gasteiger partial charge >= 0.3 is 0 Å². The fourth-order valence-electron chi connectivity index (χ4n) is 4.36. The summed E-state index contributed by atoms with van der Waals surface area (Å²) >= 11 is 13.0. The molecule has 7 nitrogen and oxygen atoms in total. The first-order valence-electron chi connectivity index (χ1n) is 13.0. The number of carbonyl (C=O) groups is 2. The van der Waals surface area contributed by atoms with E-state index < -0.39 is 28.5 Å². The molecule has 10 heteroatoms. The summed E-state index contributed by atoms with van der Waals surface area (Å²) in [5, 5.41) is 3.58. The van der Waals surface area contributed by atoms with Gasteiger partial charge < -0.3 is 10.2 Å². The molecule has 3 aromatic carbocycles. The van der Waals surface area contributed by atoms with Gasteiger partial charge in [-0.3, -0.25) is 13.9 Å². The fraction of sp³-hybridized carbons (Fsp3) is 0.333. The Hall–Kier alpha value is -3.07. The van der Waals surface area contributed by atoms with E-state index in [0.29, 0.717) is 39.8 Å². The van der Waals surface area contributed by atoms with Crippen molar-refractivity contribution in [1.82, 2.24) is 10.2 Å². The highest BCUT2D eigenvalue weighted by Crippen LogP contribution is 2.29. The second-order valence-electron chi connectivity index (χ2n) is 9.78. The van der Waals surface area contributed by atoms with Crippen LogP contribution in [0.3, 0.4) is 0 Å². The van der Waals surface area contributed by atoms with Gasteiger partial charge in [-0.2, -0.15) is 0 Å². The lowest BCUT2D eigenvalue weighted by Crippen LogP contribution is -2.53. The molecular weight excluding hydrogens is 569 g/mol. The van der Waals surface area contributed by atoms with Gasteiger partial charge in [0, 0.05) is 35.1 Å². The van der Waals surface area contributed by atoms with Gasteiger partial charge in [0.15, 0.2) is 0 Å². The highest BCUT2D eigenvalue weighted by atomic mass is 35.5. The van der Waals surface area contributed by atoms with Crippen molar-refractivity contribution >= 4 is 50.7 Å². The Labute approximate surface area is 247 Å². The Kier molecular flexibility index (Phi) is 11.0. The zero-order valence-electron chi connectivity index (χ0n) is 23.2. The molecule has 3 rings (SSSR count). The van der Waals surface area contributed by atoms with Crippen molar-refractivity contribution in [2.45, 2.75) is 46.2 Å². The SMILES string of the molecule is CCCNC(=O)[C@H](Cc1ccccc1)N(Cc1c(Cl)cccc1Cl)C(=O)CN(c1cc(C)ccc1C)S(C)(=O)=O. The molecule has 1 atom stereocenters. The van der Waals surface area contributed by atoms with Crippen LogP contribution in [0.15, 0.2) is 66.7 Å². The van der Waals surface area contributed by atoms with Crippen LogP contribution in [0.4, 0.5) is 5.69 Å². The number of hydrogen-bond donors (Lipinski definition) is 1. The smallest absolute Gasteiger partial charge is 0.244 e. The van der Waals surface area contributed by atoms with E-state index in [1.165, 1.54) is 4.90 Å². The third kappa shape index (κ3) is 8.22. The van der Waals surface area contributed by atoms with Crippen LogP contribution < -0.4 is 9.62 Å². The van der Waals surface area contributed by atoms with Crippen molar-refractivity contribution in [2.24, 2.45) is 0 Å². The second-order valence-corrected chi connectivity index (χ2v) is 12.5. The third-order valence-corrected chi connectivity index (χ3v) is 8.36. The summed E-state index contributed by atoms with van der Waals surface area (Å²) in [6.07, 6.45) is 1.99. The Morgan fingerprint density at radius 1 is 0.950 bits per heavy atom. The van der Waals surface area contributed by atoms with Crippen LogP contribution in [-0.2, 0) is 32.6 Å². The molecule has 0 fully saturated rings. The molecule has 0 saturated heterocycles. The lowest BCUT2D eigenvalue weighted by molar-refractivity contribution is -0.140. The molecule has 214 valence electrons. The Bertz CT molecular complexity index is 1430. The van der Waals surface area contributed by atoms with E-state index >= 15 is 0 Å². The number of aryl methyl sites for hydroxylation is 2. The van der Waals surface area contributed by atoms with E-state index in [2.05, 4.69) is 5.32 Å². The number of nitrogens with zero attached hydrogens (tertiary/aromatic N) is 2. The number of benzene rings is 3. The van der Waals surface area contributed by atoms with Crippen LogP contribution in [0, 0.1) is 13.8 Å². The van der Waals surface area contributed by atoms with Crippen LogP contribution in [-0.4, -0.2) is 50.5 Å². The third-order valence-electron chi connectivity index (χ3n) is 6.52. The number of amides is 2. The lowest BCUT2D eigenvalue weighted by Gasteiger charge is -2.34. The van der Waals surface area contributed by atoms with Gasteiger partial charge in [0.05, 0.1) is 11.9 Å². The monoisotopic (exact) mass is 603 g/mol. The zero-order valence-corrected chi connectivity index (χ0v) is 25.5. The maximum Gasteiger partial charge on any atom is 0.244 e. The predicted molar refractivity (Wildman–Crippen MR) is 162 cm³/mol. The number of carbonyl (C=O) groups excluding carboxylic acids is 2. The van der Waals surface area contributed by atoms with Crippen molar-refractivity contribution in [2.75, 3.05) is 23.7 Å². The molecule has 0 aliphatic rings. The first kappa shape index (κ1) is 31.5. The number of anilines is 1. The summed E-state index contributed by atoms with van der Waals surface area (Å²) in [5.41, 5.74) is 3.27. The van der Waals surface area contributed by atoms with Crippen molar-refractivity contribution in [3.8, 4) is 0 Å². The minimum absolute atomic E-state index is 0.0845. The number of rotatable bonds is 12. The Morgan fingerprint density at radius 2 is 1.60 bits per heavy atom. The first-order valence-corrected chi connectivity index (χ1v) is 15.6. The predicted octanol–water partition coefficient (Wildman–Crippen LogP) is 5.54. The van der Waals surface area contributed by atoms with Gasteiger partial charge in [0.25, 0.3) is 0 Å². The van der Waals surface area contributed by atoms with Crippen molar-refractivity contribution in [1.29, 1.82) is 0 Å². The molecule has 0 bridgehead atoms. The van der Waals surface area contributed by atoms with Crippen molar-refractivity contribution in [3.63, 3.8) is 0 Å². The minimum atomic E-state index is -3.86. The van der Waals surface area contributed by atoms with E-state index in [1.807, 2.05) is 56.3 Å². The van der Waals surface area contributed by atoms with Gasteiger partial charge in [0.1, 0.15) is 12.6 Å². The molecule has 3 aromatic rings. The highest BCUT2D eigenvalue weighted by Gasteiger charge is 2.34. The van der Waals surface area contributed by atoms with Crippen LogP contribution in [0.5, 0.6) is 0 Å². The van der Waals surface area contributed by atoms with Gasteiger partial charge in [-0.1, -0.05) is 78.7 Å².